The molecule has 0 aliphatic rings. The molecule has 0 radical (unpaired) electrons. The summed E-state index contributed by atoms with van der Waals surface area (Å²) in [5.41, 5.74) is -0.106. The lowest BCUT2D eigenvalue weighted by atomic mass is 10.2. The predicted octanol–water partition coefficient (Wildman–Crippen LogP) is 0.962. The number of carboxylic acid groups (broad SMARTS) is 1. The molecule has 7 heteroatoms. The second kappa shape index (κ2) is 4.81. The van der Waals surface area contributed by atoms with Crippen molar-refractivity contribution in [2.24, 2.45) is 0 Å². The maximum atomic E-state index is 11.9. The summed E-state index contributed by atoms with van der Waals surface area (Å²) >= 11 is 0. The first-order valence-electron chi connectivity index (χ1n) is 5.41. The first-order chi connectivity index (χ1) is 9.00. The molecule has 2 heterocycles. The van der Waals surface area contributed by atoms with Crippen molar-refractivity contribution in [2.75, 3.05) is 5.32 Å². The molecule has 0 fully saturated rings. The van der Waals surface area contributed by atoms with Gasteiger partial charge in [0.05, 0.1) is 5.69 Å². The van der Waals surface area contributed by atoms with E-state index in [1.165, 1.54) is 24.5 Å². The molecule has 0 aliphatic carbocycles. The average Bonchev–Trinajstić information content (AvgIpc) is 2.70. The Morgan fingerprint density at radius 1 is 1.32 bits per heavy atom. The molecule has 0 saturated carbocycles. The normalized spacial score (nSPS) is 10.2. The van der Waals surface area contributed by atoms with Gasteiger partial charge in [-0.15, -0.1) is 0 Å². The Balaban J connectivity index is 2.33. The monoisotopic (exact) mass is 261 g/mol. The molecule has 0 atom stereocenters. The zero-order chi connectivity index (χ0) is 14.0. The van der Waals surface area contributed by atoms with Crippen LogP contribution < -0.4 is 10.9 Å². The molecule has 2 rings (SSSR count). The van der Waals surface area contributed by atoms with E-state index in [-0.39, 0.29) is 16.8 Å². The van der Waals surface area contributed by atoms with Crippen LogP contribution in [0.1, 0.15) is 26.4 Å². The Morgan fingerprint density at radius 2 is 2.05 bits per heavy atom. The Kier molecular flexibility index (Phi) is 3.19. The van der Waals surface area contributed by atoms with Gasteiger partial charge in [-0.1, -0.05) is 0 Å². The number of nitrogens with one attached hydrogen (secondary N) is 3. The first-order valence-corrected chi connectivity index (χ1v) is 5.41. The largest absolute Gasteiger partial charge is 0.478 e. The summed E-state index contributed by atoms with van der Waals surface area (Å²) in [5.74, 6) is -1.82. The molecular weight excluding hydrogens is 250 g/mol. The van der Waals surface area contributed by atoms with E-state index in [9.17, 15) is 14.4 Å². The van der Waals surface area contributed by atoms with E-state index in [1.807, 2.05) is 0 Å². The predicted molar refractivity (Wildman–Crippen MR) is 67.5 cm³/mol. The minimum atomic E-state index is -1.16. The SMILES string of the molecule is Cc1[nH]cc(NC(=O)c2ccc[nH]c2=O)c1C(=O)O. The summed E-state index contributed by atoms with van der Waals surface area (Å²) in [6.07, 6.45) is 2.77. The third-order valence-corrected chi connectivity index (χ3v) is 2.60. The Labute approximate surface area is 107 Å². The van der Waals surface area contributed by atoms with Crippen molar-refractivity contribution in [3.63, 3.8) is 0 Å². The Hall–Kier alpha value is -2.83. The molecule has 2 aromatic heterocycles. The van der Waals surface area contributed by atoms with Crippen molar-refractivity contribution < 1.29 is 14.7 Å². The maximum absolute atomic E-state index is 11.9. The third kappa shape index (κ3) is 2.39. The van der Waals surface area contributed by atoms with Crippen molar-refractivity contribution in [3.05, 3.63) is 51.7 Å². The van der Waals surface area contributed by atoms with Crippen LogP contribution in [0, 0.1) is 6.92 Å². The highest BCUT2D eigenvalue weighted by atomic mass is 16.4. The van der Waals surface area contributed by atoms with Crippen LogP contribution in [0.5, 0.6) is 0 Å². The number of carboxylic acids is 1. The van der Waals surface area contributed by atoms with Gasteiger partial charge in [-0.3, -0.25) is 9.59 Å². The van der Waals surface area contributed by atoms with Crippen molar-refractivity contribution in [1.29, 1.82) is 0 Å². The summed E-state index contributed by atoms with van der Waals surface area (Å²) in [6, 6.07) is 2.87. The maximum Gasteiger partial charge on any atom is 0.339 e. The van der Waals surface area contributed by atoms with Crippen LogP contribution in [0.3, 0.4) is 0 Å². The summed E-state index contributed by atoms with van der Waals surface area (Å²) in [5, 5.41) is 11.4. The van der Waals surface area contributed by atoms with Gasteiger partial charge in [0.1, 0.15) is 11.1 Å². The van der Waals surface area contributed by atoms with Gasteiger partial charge in [0.15, 0.2) is 0 Å². The number of aromatic nitrogens is 2. The number of pyridine rings is 1. The molecule has 0 aromatic carbocycles. The van der Waals surface area contributed by atoms with Crippen LogP contribution in [0.25, 0.3) is 0 Å². The summed E-state index contributed by atoms with van der Waals surface area (Å²) in [6.45, 7) is 1.58. The number of hydrogen-bond donors (Lipinski definition) is 4. The van der Waals surface area contributed by atoms with Crippen molar-refractivity contribution >= 4 is 17.6 Å². The number of H-pyrrole nitrogens is 2. The van der Waals surface area contributed by atoms with E-state index in [4.69, 9.17) is 5.11 Å². The Bertz CT molecular complexity index is 699. The highest BCUT2D eigenvalue weighted by Gasteiger charge is 2.18. The molecule has 4 N–H and O–H groups in total. The van der Waals surface area contributed by atoms with Crippen LogP contribution in [0.15, 0.2) is 29.3 Å². The van der Waals surface area contributed by atoms with Gasteiger partial charge in [-0.05, 0) is 19.1 Å². The van der Waals surface area contributed by atoms with E-state index in [1.54, 1.807) is 6.92 Å². The minimum absolute atomic E-state index is 0.0271. The topological polar surface area (TPSA) is 115 Å². The zero-order valence-electron chi connectivity index (χ0n) is 9.98. The van der Waals surface area contributed by atoms with E-state index < -0.39 is 17.4 Å². The van der Waals surface area contributed by atoms with Crippen LogP contribution in [-0.2, 0) is 0 Å². The molecule has 0 saturated heterocycles. The van der Waals surface area contributed by atoms with Crippen molar-refractivity contribution in [3.8, 4) is 0 Å². The smallest absolute Gasteiger partial charge is 0.339 e. The van der Waals surface area contributed by atoms with Crippen LogP contribution in [-0.4, -0.2) is 27.0 Å². The molecule has 1 amide bonds. The third-order valence-electron chi connectivity index (χ3n) is 2.60. The number of aromatic amines is 2. The van der Waals surface area contributed by atoms with E-state index >= 15 is 0 Å². The average molecular weight is 261 g/mol. The number of amides is 1. The molecular formula is C12H11N3O4. The fraction of sp³-hybridized carbons (Fsp3) is 0.0833. The van der Waals surface area contributed by atoms with Gasteiger partial charge < -0.3 is 20.4 Å². The molecule has 2 aromatic rings. The number of hydrogen-bond acceptors (Lipinski definition) is 3. The summed E-state index contributed by atoms with van der Waals surface area (Å²) < 4.78 is 0. The van der Waals surface area contributed by atoms with Crippen molar-refractivity contribution in [2.45, 2.75) is 6.92 Å². The van der Waals surface area contributed by atoms with E-state index in [0.717, 1.165) is 0 Å². The van der Waals surface area contributed by atoms with Crippen LogP contribution >= 0.6 is 0 Å². The number of aryl methyl sites for hydroxylation is 1. The van der Waals surface area contributed by atoms with Gasteiger partial charge in [0, 0.05) is 18.1 Å². The minimum Gasteiger partial charge on any atom is -0.478 e. The van der Waals surface area contributed by atoms with Gasteiger partial charge in [0.25, 0.3) is 11.5 Å². The fourth-order valence-corrected chi connectivity index (χ4v) is 1.69. The van der Waals surface area contributed by atoms with Crippen molar-refractivity contribution in [1.82, 2.24) is 9.97 Å². The van der Waals surface area contributed by atoms with E-state index in [0.29, 0.717) is 5.69 Å². The lowest BCUT2D eigenvalue weighted by molar-refractivity contribution is 0.0697. The van der Waals surface area contributed by atoms with Gasteiger partial charge >= 0.3 is 5.97 Å². The molecule has 0 spiro atoms. The quantitative estimate of drug-likeness (QED) is 0.658. The van der Waals surface area contributed by atoms with Gasteiger partial charge in [-0.2, -0.15) is 0 Å². The first kappa shape index (κ1) is 12.6. The highest BCUT2D eigenvalue weighted by Crippen LogP contribution is 2.19. The van der Waals surface area contributed by atoms with Gasteiger partial charge in [-0.25, -0.2) is 4.79 Å². The fourth-order valence-electron chi connectivity index (χ4n) is 1.69. The number of carbonyl (C=O) groups is 2. The lowest BCUT2D eigenvalue weighted by Gasteiger charge is -2.04. The number of anilines is 1. The second-order valence-electron chi connectivity index (χ2n) is 3.87. The number of rotatable bonds is 3. The Morgan fingerprint density at radius 3 is 2.68 bits per heavy atom. The lowest BCUT2D eigenvalue weighted by Crippen LogP contribution is -2.23. The van der Waals surface area contributed by atoms with Crippen LogP contribution in [0.2, 0.25) is 0 Å². The second-order valence-corrected chi connectivity index (χ2v) is 3.87. The molecule has 0 bridgehead atoms. The summed E-state index contributed by atoms with van der Waals surface area (Å²) in [7, 11) is 0. The van der Waals surface area contributed by atoms with Gasteiger partial charge in [0.2, 0.25) is 0 Å². The van der Waals surface area contributed by atoms with Crippen LogP contribution in [0.4, 0.5) is 5.69 Å². The molecule has 0 aliphatic heterocycles. The van der Waals surface area contributed by atoms with E-state index in [2.05, 4.69) is 15.3 Å². The standard InChI is InChI=1S/C12H11N3O4/c1-6-9(12(18)19)8(5-14-6)15-11(17)7-3-2-4-13-10(7)16/h2-5,14H,1H3,(H,13,16)(H,15,17)(H,18,19). The number of aromatic carboxylic acids is 1. The molecule has 98 valence electrons. The molecule has 19 heavy (non-hydrogen) atoms. The molecule has 0 unspecified atom stereocenters. The number of carbonyl (C=O) groups excluding carboxylic acids is 1. The zero-order valence-corrected chi connectivity index (χ0v) is 9.98. The highest BCUT2D eigenvalue weighted by molar-refractivity contribution is 6.07. The molecule has 7 nitrogen and oxygen atoms in total. The summed E-state index contributed by atoms with van der Waals surface area (Å²) in [4.78, 5) is 39.4.